The Morgan fingerprint density at radius 3 is 2.79 bits per heavy atom. The lowest BCUT2D eigenvalue weighted by Gasteiger charge is -2.32. The minimum absolute atomic E-state index is 0.0253. The molecule has 2 aromatic rings. The number of hydrogen-bond donors (Lipinski definition) is 1. The van der Waals surface area contributed by atoms with Gasteiger partial charge in [-0.05, 0) is 50.2 Å². The summed E-state index contributed by atoms with van der Waals surface area (Å²) in [7, 11) is 1.97. The number of rotatable bonds is 4. The van der Waals surface area contributed by atoms with E-state index in [1.165, 1.54) is 0 Å². The van der Waals surface area contributed by atoms with Crippen LogP contribution in [-0.4, -0.2) is 42.0 Å². The van der Waals surface area contributed by atoms with Gasteiger partial charge < -0.3 is 15.0 Å². The number of nitrogens with one attached hydrogen (secondary N) is 1. The molecule has 24 heavy (non-hydrogen) atoms. The zero-order valence-electron chi connectivity index (χ0n) is 13.5. The third kappa shape index (κ3) is 3.94. The summed E-state index contributed by atoms with van der Waals surface area (Å²) >= 11 is 3.42. The summed E-state index contributed by atoms with van der Waals surface area (Å²) < 4.78 is 6.76. The Labute approximate surface area is 150 Å². The maximum Gasteiger partial charge on any atom is 0.259 e. The van der Waals surface area contributed by atoms with Gasteiger partial charge in [0.25, 0.3) is 5.91 Å². The fourth-order valence-corrected chi connectivity index (χ4v) is 3.20. The van der Waals surface area contributed by atoms with Crippen LogP contribution in [0.25, 0.3) is 0 Å². The maximum atomic E-state index is 12.8. The van der Waals surface area contributed by atoms with Crippen molar-refractivity contribution in [3.05, 3.63) is 52.6 Å². The predicted octanol–water partition coefficient (Wildman–Crippen LogP) is 3.46. The Kier molecular flexibility index (Phi) is 5.48. The van der Waals surface area contributed by atoms with Gasteiger partial charge in [0.15, 0.2) is 0 Å². The summed E-state index contributed by atoms with van der Waals surface area (Å²) in [5.74, 6) is 0.963. The molecule has 1 aromatic carbocycles. The van der Waals surface area contributed by atoms with Gasteiger partial charge in [0.1, 0.15) is 11.3 Å². The van der Waals surface area contributed by atoms with E-state index in [2.05, 4.69) is 26.2 Å². The van der Waals surface area contributed by atoms with Gasteiger partial charge in [0, 0.05) is 29.8 Å². The molecule has 1 aliphatic rings. The molecular formula is C18H20BrN3O2. The van der Waals surface area contributed by atoms with Gasteiger partial charge in [-0.25, -0.2) is 4.98 Å². The Morgan fingerprint density at radius 1 is 1.29 bits per heavy atom. The first-order valence-corrected chi connectivity index (χ1v) is 8.81. The Bertz CT molecular complexity index is 715. The molecule has 6 heteroatoms. The molecule has 0 saturated carbocycles. The number of hydrogen-bond acceptors (Lipinski definition) is 4. The van der Waals surface area contributed by atoms with Crippen molar-refractivity contribution >= 4 is 21.8 Å². The topological polar surface area (TPSA) is 54.5 Å². The number of carbonyl (C=O) groups excluding carboxylic acids is 1. The average Bonchev–Trinajstić information content (AvgIpc) is 2.62. The molecule has 1 aromatic heterocycles. The van der Waals surface area contributed by atoms with E-state index < -0.39 is 0 Å². The number of halogens is 1. The maximum absolute atomic E-state index is 12.8. The SMILES string of the molecule is CNC1CCN(C(=O)c2cccnc2Oc2cccc(Br)c2)CC1. The van der Waals surface area contributed by atoms with Crippen molar-refractivity contribution in [2.45, 2.75) is 18.9 Å². The zero-order chi connectivity index (χ0) is 16.9. The van der Waals surface area contributed by atoms with E-state index in [1.807, 2.05) is 36.2 Å². The van der Waals surface area contributed by atoms with Crippen LogP contribution >= 0.6 is 15.9 Å². The molecule has 0 unspecified atom stereocenters. The van der Waals surface area contributed by atoms with Crippen LogP contribution in [0.15, 0.2) is 47.1 Å². The lowest BCUT2D eigenvalue weighted by molar-refractivity contribution is 0.0704. The summed E-state index contributed by atoms with van der Waals surface area (Å²) in [6, 6.07) is 11.5. The molecule has 1 N–H and O–H groups in total. The molecule has 0 aliphatic carbocycles. The summed E-state index contributed by atoms with van der Waals surface area (Å²) in [5, 5.41) is 3.27. The fraction of sp³-hybridized carbons (Fsp3) is 0.333. The third-order valence-electron chi connectivity index (χ3n) is 4.20. The quantitative estimate of drug-likeness (QED) is 0.869. The molecule has 126 valence electrons. The molecule has 0 spiro atoms. The van der Waals surface area contributed by atoms with E-state index in [9.17, 15) is 4.79 Å². The number of benzene rings is 1. The van der Waals surface area contributed by atoms with Crippen LogP contribution in [0, 0.1) is 0 Å². The number of nitrogens with zero attached hydrogens (tertiary/aromatic N) is 2. The first kappa shape index (κ1) is 16.9. The van der Waals surface area contributed by atoms with Gasteiger partial charge in [-0.3, -0.25) is 4.79 Å². The van der Waals surface area contributed by atoms with E-state index in [-0.39, 0.29) is 5.91 Å². The van der Waals surface area contributed by atoms with Gasteiger partial charge in [0.05, 0.1) is 0 Å². The van der Waals surface area contributed by atoms with E-state index in [1.54, 1.807) is 18.3 Å². The highest BCUT2D eigenvalue weighted by Crippen LogP contribution is 2.27. The first-order valence-electron chi connectivity index (χ1n) is 8.02. The van der Waals surface area contributed by atoms with Crippen LogP contribution in [0.5, 0.6) is 11.6 Å². The zero-order valence-corrected chi connectivity index (χ0v) is 15.1. The van der Waals surface area contributed by atoms with Crippen molar-refractivity contribution in [1.82, 2.24) is 15.2 Å². The molecule has 3 rings (SSSR count). The van der Waals surface area contributed by atoms with E-state index in [0.717, 1.165) is 30.4 Å². The number of aromatic nitrogens is 1. The highest BCUT2D eigenvalue weighted by atomic mass is 79.9. The van der Waals surface area contributed by atoms with Gasteiger partial charge in [0.2, 0.25) is 5.88 Å². The second-order valence-electron chi connectivity index (χ2n) is 5.77. The van der Waals surface area contributed by atoms with Crippen LogP contribution in [0.4, 0.5) is 0 Å². The molecule has 2 heterocycles. The Balaban J connectivity index is 1.77. The predicted molar refractivity (Wildman–Crippen MR) is 96.4 cm³/mol. The first-order chi connectivity index (χ1) is 11.7. The van der Waals surface area contributed by atoms with Gasteiger partial charge in [-0.2, -0.15) is 0 Å². The van der Waals surface area contributed by atoms with Crippen molar-refractivity contribution in [2.24, 2.45) is 0 Å². The Morgan fingerprint density at radius 2 is 2.08 bits per heavy atom. The normalized spacial score (nSPS) is 15.3. The van der Waals surface area contributed by atoms with Gasteiger partial charge in [-0.15, -0.1) is 0 Å². The summed E-state index contributed by atoms with van der Waals surface area (Å²) in [4.78, 5) is 19.0. The molecule has 5 nitrogen and oxygen atoms in total. The summed E-state index contributed by atoms with van der Waals surface area (Å²) in [6.45, 7) is 1.49. The van der Waals surface area contributed by atoms with Crippen molar-refractivity contribution in [1.29, 1.82) is 0 Å². The minimum Gasteiger partial charge on any atom is -0.438 e. The molecule has 0 radical (unpaired) electrons. The van der Waals surface area contributed by atoms with Crippen LogP contribution in [0.3, 0.4) is 0 Å². The molecule has 1 aliphatic heterocycles. The van der Waals surface area contributed by atoms with E-state index in [0.29, 0.717) is 23.2 Å². The summed E-state index contributed by atoms with van der Waals surface area (Å²) in [5.41, 5.74) is 0.500. The molecule has 1 saturated heterocycles. The van der Waals surface area contributed by atoms with Crippen LogP contribution in [0.1, 0.15) is 23.2 Å². The molecule has 1 fully saturated rings. The van der Waals surface area contributed by atoms with Crippen LogP contribution < -0.4 is 10.1 Å². The van der Waals surface area contributed by atoms with E-state index >= 15 is 0 Å². The molecule has 0 bridgehead atoms. The van der Waals surface area contributed by atoms with Crippen molar-refractivity contribution in [2.75, 3.05) is 20.1 Å². The fourth-order valence-electron chi connectivity index (χ4n) is 2.82. The molecular weight excluding hydrogens is 370 g/mol. The van der Waals surface area contributed by atoms with E-state index in [4.69, 9.17) is 4.74 Å². The number of pyridine rings is 1. The molecule has 0 atom stereocenters. The number of piperidine rings is 1. The van der Waals surface area contributed by atoms with Crippen molar-refractivity contribution in [3.8, 4) is 11.6 Å². The van der Waals surface area contributed by atoms with Gasteiger partial charge in [-0.1, -0.05) is 22.0 Å². The largest absolute Gasteiger partial charge is 0.438 e. The monoisotopic (exact) mass is 389 g/mol. The van der Waals surface area contributed by atoms with Crippen molar-refractivity contribution < 1.29 is 9.53 Å². The second kappa shape index (κ2) is 7.77. The lowest BCUT2D eigenvalue weighted by atomic mass is 10.0. The van der Waals surface area contributed by atoms with Crippen LogP contribution in [0.2, 0.25) is 0 Å². The van der Waals surface area contributed by atoms with Crippen LogP contribution in [-0.2, 0) is 0 Å². The highest BCUT2D eigenvalue weighted by Gasteiger charge is 2.25. The second-order valence-corrected chi connectivity index (χ2v) is 6.69. The minimum atomic E-state index is -0.0253. The summed E-state index contributed by atoms with van der Waals surface area (Å²) in [6.07, 6.45) is 3.56. The number of amides is 1. The average molecular weight is 390 g/mol. The smallest absolute Gasteiger partial charge is 0.259 e. The highest BCUT2D eigenvalue weighted by molar-refractivity contribution is 9.10. The standard InChI is InChI=1S/C18H20BrN3O2/c1-20-14-7-10-22(11-8-14)18(23)16-6-3-9-21-17(16)24-15-5-2-4-13(19)12-15/h2-6,9,12,14,20H,7-8,10-11H2,1H3. The molecule has 1 amide bonds. The number of carbonyl (C=O) groups is 1. The third-order valence-corrected chi connectivity index (χ3v) is 4.70. The number of ether oxygens (including phenoxy) is 1. The lowest BCUT2D eigenvalue weighted by Crippen LogP contribution is -2.44. The number of likely N-dealkylation sites (tertiary alicyclic amines) is 1. The Hall–Kier alpha value is -1.92. The van der Waals surface area contributed by atoms with Crippen molar-refractivity contribution in [3.63, 3.8) is 0 Å². The van der Waals surface area contributed by atoms with Gasteiger partial charge >= 0.3 is 0 Å².